The zero-order valence-electron chi connectivity index (χ0n) is 18.5. The lowest BCUT2D eigenvalue weighted by Crippen LogP contribution is -1.98. The van der Waals surface area contributed by atoms with Gasteiger partial charge in [0.1, 0.15) is 11.5 Å². The van der Waals surface area contributed by atoms with Crippen LogP contribution in [0, 0.1) is 0 Å². The van der Waals surface area contributed by atoms with Crippen LogP contribution in [-0.2, 0) is 19.3 Å². The number of phenolic OH excluding ortho intramolecular Hbond substituents is 8. The first-order chi connectivity index (χ1) is 16.6. The predicted octanol–water partition coefficient (Wildman–Crippen LogP) is 4.10. The van der Waals surface area contributed by atoms with Crippen molar-refractivity contribution in [3.8, 4) is 46.0 Å². The fourth-order valence-electron chi connectivity index (χ4n) is 4.04. The van der Waals surface area contributed by atoms with Crippen LogP contribution in [0.4, 0.5) is 0 Å². The topological polar surface area (TPSA) is 162 Å². The molecule has 0 heterocycles. The first-order valence-corrected chi connectivity index (χ1v) is 10.7. The van der Waals surface area contributed by atoms with Crippen LogP contribution in [0.5, 0.6) is 46.0 Å². The molecule has 0 aliphatic carbocycles. The van der Waals surface area contributed by atoms with Crippen molar-refractivity contribution in [3.63, 3.8) is 0 Å². The second-order valence-corrected chi connectivity index (χ2v) is 8.35. The van der Waals surface area contributed by atoms with Crippen LogP contribution in [-0.4, -0.2) is 40.9 Å². The van der Waals surface area contributed by atoms with Crippen LogP contribution in [0.1, 0.15) is 33.4 Å². The Morgan fingerprint density at radius 1 is 0.371 bits per heavy atom. The Kier molecular flexibility index (Phi) is 6.20. The summed E-state index contributed by atoms with van der Waals surface area (Å²) < 4.78 is 0. The molecule has 0 spiro atoms. The maximum Gasteiger partial charge on any atom is 0.200 e. The summed E-state index contributed by atoms with van der Waals surface area (Å²) in [5.41, 5.74) is 2.13. The van der Waals surface area contributed by atoms with Gasteiger partial charge >= 0.3 is 0 Å². The number of hydrogen-bond donors (Lipinski definition) is 8. The summed E-state index contributed by atoms with van der Waals surface area (Å²) in [6.45, 7) is 0. The molecule has 8 nitrogen and oxygen atoms in total. The lowest BCUT2D eigenvalue weighted by Gasteiger charge is -2.16. The third-order valence-electron chi connectivity index (χ3n) is 5.80. The zero-order valence-corrected chi connectivity index (χ0v) is 18.5. The molecule has 0 saturated heterocycles. The molecule has 0 amide bonds. The standard InChI is InChI=1S/C27H24O8/c28-20-5-1-3-14(9-20)7-16-11-18(24(32)26(34)22(16)30)13-19-12-17(23(31)27(35)25(19)33)8-15-4-2-6-21(29)10-15/h1-6,9-12,28-35H,7-8,13H2. The number of benzene rings is 4. The van der Waals surface area contributed by atoms with Gasteiger partial charge in [0.2, 0.25) is 11.5 Å². The first kappa shape index (κ1) is 23.4. The molecule has 0 aromatic heterocycles. The highest BCUT2D eigenvalue weighted by Crippen LogP contribution is 2.45. The Balaban J connectivity index is 1.72. The maximum absolute atomic E-state index is 10.5. The Bertz CT molecular complexity index is 1300. The number of aromatic hydroxyl groups is 8. The largest absolute Gasteiger partial charge is 0.508 e. The molecule has 0 bridgehead atoms. The Morgan fingerprint density at radius 3 is 1.06 bits per heavy atom. The molecule has 0 radical (unpaired) electrons. The van der Waals surface area contributed by atoms with E-state index in [1.165, 1.54) is 36.4 Å². The highest BCUT2D eigenvalue weighted by atomic mass is 16.3. The van der Waals surface area contributed by atoms with Gasteiger partial charge in [-0.15, -0.1) is 0 Å². The summed E-state index contributed by atoms with van der Waals surface area (Å²) in [5.74, 6) is -3.62. The molecule has 8 N–H and O–H groups in total. The van der Waals surface area contributed by atoms with Gasteiger partial charge in [-0.1, -0.05) is 24.3 Å². The maximum atomic E-state index is 10.5. The van der Waals surface area contributed by atoms with E-state index in [2.05, 4.69) is 0 Å². The van der Waals surface area contributed by atoms with Gasteiger partial charge in [0, 0.05) is 41.5 Å². The number of phenols is 8. The average Bonchev–Trinajstić information content (AvgIpc) is 2.82. The average molecular weight is 476 g/mol. The third-order valence-corrected chi connectivity index (χ3v) is 5.80. The van der Waals surface area contributed by atoms with E-state index in [1.807, 2.05) is 0 Å². The molecule has 4 aromatic carbocycles. The van der Waals surface area contributed by atoms with Crippen LogP contribution in [0.15, 0.2) is 60.7 Å². The minimum Gasteiger partial charge on any atom is -0.508 e. The highest BCUT2D eigenvalue weighted by Gasteiger charge is 2.22. The van der Waals surface area contributed by atoms with Gasteiger partial charge in [-0.05, 0) is 47.5 Å². The van der Waals surface area contributed by atoms with Gasteiger partial charge in [0.05, 0.1) is 0 Å². The van der Waals surface area contributed by atoms with Crippen molar-refractivity contribution < 1.29 is 40.9 Å². The van der Waals surface area contributed by atoms with E-state index in [-0.39, 0.29) is 53.0 Å². The van der Waals surface area contributed by atoms with Crippen LogP contribution in [0.2, 0.25) is 0 Å². The molecule has 4 rings (SSSR count). The van der Waals surface area contributed by atoms with Crippen LogP contribution in [0.3, 0.4) is 0 Å². The minimum absolute atomic E-state index is 0.0361. The van der Waals surface area contributed by atoms with Crippen molar-refractivity contribution in [2.75, 3.05) is 0 Å². The quantitative estimate of drug-likeness (QED) is 0.193. The van der Waals surface area contributed by atoms with Crippen molar-refractivity contribution in [2.24, 2.45) is 0 Å². The minimum atomic E-state index is -0.736. The second kappa shape index (κ2) is 9.26. The van der Waals surface area contributed by atoms with Gasteiger partial charge in [0.15, 0.2) is 23.0 Å². The summed E-state index contributed by atoms with van der Waals surface area (Å²) in [5, 5.41) is 81.6. The first-order valence-electron chi connectivity index (χ1n) is 10.7. The van der Waals surface area contributed by atoms with E-state index >= 15 is 0 Å². The summed E-state index contributed by atoms with van der Waals surface area (Å²) >= 11 is 0. The summed E-state index contributed by atoms with van der Waals surface area (Å²) in [6, 6.07) is 15.6. The number of hydrogen-bond acceptors (Lipinski definition) is 8. The molecule has 180 valence electrons. The van der Waals surface area contributed by atoms with Crippen molar-refractivity contribution in [3.05, 3.63) is 94.0 Å². The summed E-state index contributed by atoms with van der Waals surface area (Å²) in [6.07, 6.45) is 0.118. The van der Waals surface area contributed by atoms with Gasteiger partial charge in [-0.25, -0.2) is 0 Å². The molecule has 8 heteroatoms. The van der Waals surface area contributed by atoms with Gasteiger partial charge < -0.3 is 40.9 Å². The molecule has 0 fully saturated rings. The molecule has 4 aromatic rings. The monoisotopic (exact) mass is 476 g/mol. The van der Waals surface area contributed by atoms with Crippen molar-refractivity contribution in [1.29, 1.82) is 0 Å². The summed E-state index contributed by atoms with van der Waals surface area (Å²) in [4.78, 5) is 0. The zero-order chi connectivity index (χ0) is 25.3. The van der Waals surface area contributed by atoms with E-state index in [4.69, 9.17) is 0 Å². The van der Waals surface area contributed by atoms with E-state index in [1.54, 1.807) is 24.3 Å². The Labute approximate surface area is 200 Å². The normalized spacial score (nSPS) is 11.0. The molecule has 0 aliphatic rings. The Morgan fingerprint density at radius 2 is 0.714 bits per heavy atom. The fraction of sp³-hybridized carbons (Fsp3) is 0.111. The van der Waals surface area contributed by atoms with Crippen LogP contribution in [0.25, 0.3) is 0 Å². The van der Waals surface area contributed by atoms with Crippen LogP contribution >= 0.6 is 0 Å². The smallest absolute Gasteiger partial charge is 0.200 e. The van der Waals surface area contributed by atoms with E-state index in [0.717, 1.165) is 0 Å². The lowest BCUT2D eigenvalue weighted by atomic mass is 9.94. The molecule has 0 saturated carbocycles. The fourth-order valence-corrected chi connectivity index (χ4v) is 4.04. The van der Waals surface area contributed by atoms with Crippen molar-refractivity contribution in [1.82, 2.24) is 0 Å². The van der Waals surface area contributed by atoms with Gasteiger partial charge in [-0.2, -0.15) is 0 Å². The second-order valence-electron chi connectivity index (χ2n) is 8.35. The van der Waals surface area contributed by atoms with E-state index < -0.39 is 34.5 Å². The van der Waals surface area contributed by atoms with E-state index in [9.17, 15) is 40.9 Å². The third kappa shape index (κ3) is 4.81. The van der Waals surface area contributed by atoms with Crippen molar-refractivity contribution >= 4 is 0 Å². The SMILES string of the molecule is Oc1cccc(Cc2cc(Cc3cc(Cc4cccc(O)c4)c(O)c(O)c3O)c(O)c(O)c2O)c1. The predicted molar refractivity (Wildman–Crippen MR) is 128 cm³/mol. The van der Waals surface area contributed by atoms with Crippen LogP contribution < -0.4 is 0 Å². The molecule has 0 atom stereocenters. The molecular formula is C27H24O8. The molecular weight excluding hydrogens is 452 g/mol. The van der Waals surface area contributed by atoms with Gasteiger partial charge in [0.25, 0.3) is 0 Å². The lowest BCUT2D eigenvalue weighted by molar-refractivity contribution is 0.360. The van der Waals surface area contributed by atoms with Gasteiger partial charge in [-0.3, -0.25) is 0 Å². The van der Waals surface area contributed by atoms with Crippen molar-refractivity contribution in [2.45, 2.75) is 19.3 Å². The molecule has 0 unspecified atom stereocenters. The Hall–Kier alpha value is -4.72. The number of rotatable bonds is 6. The molecule has 0 aliphatic heterocycles. The van der Waals surface area contributed by atoms with E-state index in [0.29, 0.717) is 11.1 Å². The highest BCUT2D eigenvalue weighted by molar-refractivity contribution is 5.63. The summed E-state index contributed by atoms with van der Waals surface area (Å²) in [7, 11) is 0. The molecule has 35 heavy (non-hydrogen) atoms.